The molecule has 14 heavy (non-hydrogen) atoms. The zero-order chi connectivity index (χ0) is 11.2. The Morgan fingerprint density at radius 2 is 2.00 bits per heavy atom. The third-order valence-electron chi connectivity index (χ3n) is 1.50. The van der Waals surface area contributed by atoms with Crippen LogP contribution in [0.2, 0.25) is 0 Å². The molecule has 6 nitrogen and oxygen atoms in total. The monoisotopic (exact) mass is 203 g/mol. The standard InChI is InChI=1S/C8H17N3O3/c1-8(2,5-14-3)10-4-6(12)11-7(9)13/h10H,4-5H2,1-3H3,(H3,9,11,12,13). The van der Waals surface area contributed by atoms with Gasteiger partial charge in [-0.15, -0.1) is 0 Å². The lowest BCUT2D eigenvalue weighted by Gasteiger charge is -2.24. The summed E-state index contributed by atoms with van der Waals surface area (Å²) >= 11 is 0. The van der Waals surface area contributed by atoms with Gasteiger partial charge in [0.1, 0.15) is 0 Å². The van der Waals surface area contributed by atoms with Crippen LogP contribution in [0.5, 0.6) is 0 Å². The van der Waals surface area contributed by atoms with Gasteiger partial charge in [0.25, 0.3) is 0 Å². The van der Waals surface area contributed by atoms with Crippen molar-refractivity contribution in [2.45, 2.75) is 19.4 Å². The predicted octanol–water partition coefficient (Wildman–Crippen LogP) is -0.804. The number of ether oxygens (including phenoxy) is 1. The van der Waals surface area contributed by atoms with E-state index in [0.29, 0.717) is 6.61 Å². The number of imide groups is 1. The molecule has 0 unspecified atom stereocenters. The van der Waals surface area contributed by atoms with Crippen LogP contribution in [0.15, 0.2) is 0 Å². The summed E-state index contributed by atoms with van der Waals surface area (Å²) in [6.07, 6.45) is 0. The Kier molecular flexibility index (Phi) is 5.11. The van der Waals surface area contributed by atoms with E-state index in [-0.39, 0.29) is 12.1 Å². The molecule has 0 aromatic rings. The van der Waals surface area contributed by atoms with Crippen molar-refractivity contribution >= 4 is 11.9 Å². The highest BCUT2D eigenvalue weighted by molar-refractivity contribution is 5.94. The lowest BCUT2D eigenvalue weighted by atomic mass is 10.1. The third kappa shape index (κ3) is 6.38. The van der Waals surface area contributed by atoms with Crippen molar-refractivity contribution in [2.24, 2.45) is 5.73 Å². The number of carbonyl (C=O) groups is 2. The molecule has 4 N–H and O–H groups in total. The molecule has 0 heterocycles. The van der Waals surface area contributed by atoms with Gasteiger partial charge in [-0.05, 0) is 13.8 Å². The van der Waals surface area contributed by atoms with Crippen LogP contribution in [-0.4, -0.2) is 37.7 Å². The van der Waals surface area contributed by atoms with Gasteiger partial charge in [0.15, 0.2) is 0 Å². The van der Waals surface area contributed by atoms with Gasteiger partial charge >= 0.3 is 6.03 Å². The van der Waals surface area contributed by atoms with E-state index < -0.39 is 11.9 Å². The maximum atomic E-state index is 11.0. The lowest BCUT2D eigenvalue weighted by molar-refractivity contribution is -0.119. The molecule has 3 amide bonds. The van der Waals surface area contributed by atoms with Crippen molar-refractivity contribution in [3.63, 3.8) is 0 Å². The number of methoxy groups -OCH3 is 1. The maximum Gasteiger partial charge on any atom is 0.318 e. The molecule has 0 bridgehead atoms. The van der Waals surface area contributed by atoms with Crippen LogP contribution >= 0.6 is 0 Å². The predicted molar refractivity (Wildman–Crippen MR) is 51.7 cm³/mol. The molecule has 0 aliphatic heterocycles. The number of rotatable bonds is 5. The molecule has 82 valence electrons. The summed E-state index contributed by atoms with van der Waals surface area (Å²) in [5.41, 5.74) is 4.45. The Bertz CT molecular complexity index is 216. The molecule has 0 rings (SSSR count). The fourth-order valence-electron chi connectivity index (χ4n) is 0.913. The molecule has 0 spiro atoms. The van der Waals surface area contributed by atoms with E-state index in [4.69, 9.17) is 10.5 Å². The highest BCUT2D eigenvalue weighted by Crippen LogP contribution is 2.00. The van der Waals surface area contributed by atoms with Crippen molar-refractivity contribution < 1.29 is 14.3 Å². The minimum absolute atomic E-state index is 0.0271. The van der Waals surface area contributed by atoms with Crippen molar-refractivity contribution in [2.75, 3.05) is 20.3 Å². The molecule has 0 fully saturated rings. The minimum Gasteiger partial charge on any atom is -0.383 e. The second-order valence-electron chi connectivity index (χ2n) is 3.58. The first-order valence-corrected chi connectivity index (χ1v) is 4.20. The van der Waals surface area contributed by atoms with Crippen molar-refractivity contribution in [3.05, 3.63) is 0 Å². The van der Waals surface area contributed by atoms with E-state index in [1.54, 1.807) is 7.11 Å². The Morgan fingerprint density at radius 3 is 2.43 bits per heavy atom. The SMILES string of the molecule is COCC(C)(C)NCC(=O)NC(N)=O. The van der Waals surface area contributed by atoms with Gasteiger partial charge in [-0.2, -0.15) is 0 Å². The van der Waals surface area contributed by atoms with E-state index in [9.17, 15) is 9.59 Å². The molecule has 0 radical (unpaired) electrons. The van der Waals surface area contributed by atoms with E-state index in [0.717, 1.165) is 0 Å². The van der Waals surface area contributed by atoms with E-state index >= 15 is 0 Å². The Labute approximate surface area is 83.2 Å². The van der Waals surface area contributed by atoms with Crippen LogP contribution < -0.4 is 16.4 Å². The average Bonchev–Trinajstić information content (AvgIpc) is 2.00. The van der Waals surface area contributed by atoms with Gasteiger partial charge in [-0.25, -0.2) is 4.79 Å². The molecule has 6 heteroatoms. The second-order valence-corrected chi connectivity index (χ2v) is 3.58. The molecule has 0 aliphatic rings. The molecule has 0 saturated carbocycles. The Balaban J connectivity index is 3.81. The summed E-state index contributed by atoms with van der Waals surface area (Å²) in [6.45, 7) is 4.26. The van der Waals surface area contributed by atoms with Crippen LogP contribution in [0.25, 0.3) is 0 Å². The van der Waals surface area contributed by atoms with Gasteiger partial charge in [-0.1, -0.05) is 0 Å². The van der Waals surface area contributed by atoms with Crippen molar-refractivity contribution in [3.8, 4) is 0 Å². The molecule has 0 aliphatic carbocycles. The first-order valence-electron chi connectivity index (χ1n) is 4.20. The van der Waals surface area contributed by atoms with Crippen LogP contribution in [0.4, 0.5) is 4.79 Å². The number of carbonyl (C=O) groups excluding carboxylic acids is 2. The van der Waals surface area contributed by atoms with Crippen LogP contribution in [0.1, 0.15) is 13.8 Å². The summed E-state index contributed by atoms with van der Waals surface area (Å²) in [7, 11) is 1.58. The summed E-state index contributed by atoms with van der Waals surface area (Å²) in [6, 6.07) is -0.846. The lowest BCUT2D eigenvalue weighted by Crippen LogP contribution is -2.49. The Hall–Kier alpha value is -1.14. The second kappa shape index (κ2) is 5.56. The maximum absolute atomic E-state index is 11.0. The molecule has 0 aromatic carbocycles. The van der Waals surface area contributed by atoms with Gasteiger partial charge in [0.05, 0.1) is 13.2 Å². The number of amides is 3. The smallest absolute Gasteiger partial charge is 0.318 e. The third-order valence-corrected chi connectivity index (χ3v) is 1.50. The average molecular weight is 203 g/mol. The first-order chi connectivity index (χ1) is 6.37. The highest BCUT2D eigenvalue weighted by Gasteiger charge is 2.18. The highest BCUT2D eigenvalue weighted by atomic mass is 16.5. The number of hydrogen-bond acceptors (Lipinski definition) is 4. The summed E-state index contributed by atoms with van der Waals surface area (Å²) in [4.78, 5) is 21.3. The Morgan fingerprint density at radius 1 is 1.43 bits per heavy atom. The quantitative estimate of drug-likeness (QED) is 0.545. The number of hydrogen-bond donors (Lipinski definition) is 3. The zero-order valence-electron chi connectivity index (χ0n) is 8.72. The number of urea groups is 1. The molecule has 0 aromatic heterocycles. The number of nitrogens with two attached hydrogens (primary N) is 1. The van der Waals surface area contributed by atoms with Crippen LogP contribution in [0, 0.1) is 0 Å². The van der Waals surface area contributed by atoms with Crippen LogP contribution in [-0.2, 0) is 9.53 Å². The summed E-state index contributed by atoms with van der Waals surface area (Å²) < 4.78 is 4.93. The molecule has 0 atom stereocenters. The van der Waals surface area contributed by atoms with Gasteiger partial charge in [0, 0.05) is 12.6 Å². The fraction of sp³-hybridized carbons (Fsp3) is 0.750. The summed E-state index contributed by atoms with van der Waals surface area (Å²) in [5, 5.41) is 4.87. The number of primary amides is 1. The van der Waals surface area contributed by atoms with Crippen molar-refractivity contribution in [1.82, 2.24) is 10.6 Å². The van der Waals surface area contributed by atoms with Crippen LogP contribution in [0.3, 0.4) is 0 Å². The van der Waals surface area contributed by atoms with Gasteiger partial charge in [0.2, 0.25) is 5.91 Å². The normalized spacial score (nSPS) is 11.1. The van der Waals surface area contributed by atoms with E-state index in [2.05, 4.69) is 5.32 Å². The largest absolute Gasteiger partial charge is 0.383 e. The first kappa shape index (κ1) is 12.9. The number of nitrogens with one attached hydrogen (secondary N) is 2. The topological polar surface area (TPSA) is 93.4 Å². The minimum atomic E-state index is -0.846. The van der Waals surface area contributed by atoms with E-state index in [1.807, 2.05) is 19.2 Å². The summed E-state index contributed by atoms with van der Waals surface area (Å²) in [5.74, 6) is -0.457. The van der Waals surface area contributed by atoms with Gasteiger partial charge in [-0.3, -0.25) is 10.1 Å². The molecular formula is C8H17N3O3. The van der Waals surface area contributed by atoms with Gasteiger partial charge < -0.3 is 15.8 Å². The fourth-order valence-corrected chi connectivity index (χ4v) is 0.913. The molecule has 0 saturated heterocycles. The molecular weight excluding hydrogens is 186 g/mol. The zero-order valence-corrected chi connectivity index (χ0v) is 8.72. The van der Waals surface area contributed by atoms with E-state index in [1.165, 1.54) is 0 Å². The van der Waals surface area contributed by atoms with Crippen molar-refractivity contribution in [1.29, 1.82) is 0 Å².